The average Bonchev–Trinajstić information content (AvgIpc) is 2.05. The first-order valence-electron chi connectivity index (χ1n) is 3.07. The molecule has 0 saturated heterocycles. The number of hydrogen-bond acceptors (Lipinski definition) is 2. The summed E-state index contributed by atoms with van der Waals surface area (Å²) in [6.45, 7) is -0.197. The molecule has 1 aromatic rings. The first kappa shape index (κ1) is 7.02. The zero-order chi connectivity index (χ0) is 7.40. The van der Waals surface area contributed by atoms with Gasteiger partial charge in [-0.05, 0) is 11.6 Å². The Kier molecular flexibility index (Phi) is 2.23. The monoisotopic (exact) mass is 137 g/mol. The second-order valence-corrected chi connectivity index (χ2v) is 1.95. The number of nitrogens with one attached hydrogen (secondary N) is 1. The molecule has 0 bridgehead atoms. The second kappa shape index (κ2) is 3.17. The molecule has 1 heterocycles. The number of rotatable bonds is 2. The standard InChI is InChI=1S/C7H9N2O/c1-8-7-3-2-6(5-10)4-9-7/h2-4H,5H2,1H3,(H,8,9). The summed E-state index contributed by atoms with van der Waals surface area (Å²) in [6.07, 6.45) is 1.58. The molecule has 0 unspecified atom stereocenters. The van der Waals surface area contributed by atoms with Gasteiger partial charge < -0.3 is 5.32 Å². The van der Waals surface area contributed by atoms with Crippen molar-refractivity contribution in [1.82, 2.24) is 4.98 Å². The number of pyridine rings is 1. The predicted molar refractivity (Wildman–Crippen MR) is 38.2 cm³/mol. The maximum Gasteiger partial charge on any atom is 0.125 e. The molecule has 10 heavy (non-hydrogen) atoms. The molecule has 0 saturated carbocycles. The molecular weight excluding hydrogens is 128 g/mol. The lowest BCUT2D eigenvalue weighted by Crippen LogP contribution is -1.92. The number of nitrogens with zero attached hydrogens (tertiary/aromatic N) is 1. The van der Waals surface area contributed by atoms with Gasteiger partial charge in [0.05, 0.1) is 0 Å². The van der Waals surface area contributed by atoms with E-state index in [4.69, 9.17) is 0 Å². The Morgan fingerprint density at radius 2 is 2.40 bits per heavy atom. The lowest BCUT2D eigenvalue weighted by Gasteiger charge is -1.97. The minimum Gasteiger partial charge on any atom is -0.373 e. The van der Waals surface area contributed by atoms with Gasteiger partial charge in [-0.1, -0.05) is 6.07 Å². The zero-order valence-corrected chi connectivity index (χ0v) is 5.79. The first-order valence-corrected chi connectivity index (χ1v) is 3.07. The van der Waals surface area contributed by atoms with Gasteiger partial charge in [0.25, 0.3) is 0 Å². The highest BCUT2D eigenvalue weighted by atomic mass is 16.3. The van der Waals surface area contributed by atoms with E-state index >= 15 is 0 Å². The molecule has 3 nitrogen and oxygen atoms in total. The van der Waals surface area contributed by atoms with E-state index in [1.807, 2.05) is 0 Å². The van der Waals surface area contributed by atoms with E-state index in [1.165, 1.54) is 0 Å². The van der Waals surface area contributed by atoms with Gasteiger partial charge in [-0.2, -0.15) is 0 Å². The third-order valence-electron chi connectivity index (χ3n) is 1.25. The highest BCUT2D eigenvalue weighted by Crippen LogP contribution is 2.02. The molecule has 0 aliphatic heterocycles. The van der Waals surface area contributed by atoms with E-state index < -0.39 is 0 Å². The number of anilines is 1. The van der Waals surface area contributed by atoms with Gasteiger partial charge in [-0.25, -0.2) is 10.1 Å². The SMILES string of the molecule is CNc1ccc(C[O])cn1. The minimum atomic E-state index is -0.197. The average molecular weight is 137 g/mol. The van der Waals surface area contributed by atoms with Crippen molar-refractivity contribution in [3.63, 3.8) is 0 Å². The second-order valence-electron chi connectivity index (χ2n) is 1.95. The third kappa shape index (κ3) is 1.45. The van der Waals surface area contributed by atoms with Crippen LogP contribution in [0.2, 0.25) is 0 Å². The van der Waals surface area contributed by atoms with Crippen LogP contribution in [0.1, 0.15) is 5.56 Å². The Balaban J connectivity index is 2.80. The Labute approximate surface area is 59.7 Å². The summed E-state index contributed by atoms with van der Waals surface area (Å²) in [5, 5.41) is 13.1. The molecule has 0 aromatic carbocycles. The normalized spacial score (nSPS) is 9.40. The molecule has 1 radical (unpaired) electrons. The van der Waals surface area contributed by atoms with Crippen LogP contribution in [-0.4, -0.2) is 12.0 Å². The summed E-state index contributed by atoms with van der Waals surface area (Å²) in [6, 6.07) is 3.55. The van der Waals surface area contributed by atoms with Crippen molar-refractivity contribution in [2.45, 2.75) is 6.61 Å². The van der Waals surface area contributed by atoms with Crippen molar-refractivity contribution in [2.75, 3.05) is 12.4 Å². The number of aromatic nitrogens is 1. The summed E-state index contributed by atoms with van der Waals surface area (Å²) in [4.78, 5) is 3.96. The molecular formula is C7H9N2O. The van der Waals surface area contributed by atoms with Crippen molar-refractivity contribution < 1.29 is 5.11 Å². The maximum absolute atomic E-state index is 10.3. The van der Waals surface area contributed by atoms with Crippen molar-refractivity contribution >= 4 is 5.82 Å². The number of hydrogen-bond donors (Lipinski definition) is 1. The van der Waals surface area contributed by atoms with E-state index in [1.54, 1.807) is 25.4 Å². The Hall–Kier alpha value is -1.09. The van der Waals surface area contributed by atoms with Crippen LogP contribution in [0.5, 0.6) is 0 Å². The maximum atomic E-state index is 10.3. The van der Waals surface area contributed by atoms with E-state index in [0.717, 1.165) is 11.4 Å². The fraction of sp³-hybridized carbons (Fsp3) is 0.286. The molecule has 1 aromatic heterocycles. The van der Waals surface area contributed by atoms with Crippen LogP contribution in [0.4, 0.5) is 5.82 Å². The molecule has 0 fully saturated rings. The Morgan fingerprint density at radius 3 is 2.80 bits per heavy atom. The summed E-state index contributed by atoms with van der Waals surface area (Å²) in [5.41, 5.74) is 0.721. The molecule has 0 aliphatic rings. The molecule has 1 rings (SSSR count). The van der Waals surface area contributed by atoms with Crippen molar-refractivity contribution in [1.29, 1.82) is 0 Å². The van der Waals surface area contributed by atoms with Crippen molar-refractivity contribution in [3.05, 3.63) is 23.9 Å². The summed E-state index contributed by atoms with van der Waals surface area (Å²) in [7, 11) is 1.79. The summed E-state index contributed by atoms with van der Waals surface area (Å²) >= 11 is 0. The van der Waals surface area contributed by atoms with Gasteiger partial charge in [0.1, 0.15) is 12.4 Å². The van der Waals surface area contributed by atoms with Crippen LogP contribution >= 0.6 is 0 Å². The largest absolute Gasteiger partial charge is 0.373 e. The Morgan fingerprint density at radius 1 is 1.60 bits per heavy atom. The van der Waals surface area contributed by atoms with Gasteiger partial charge in [0.2, 0.25) is 0 Å². The molecule has 1 N–H and O–H groups in total. The van der Waals surface area contributed by atoms with Gasteiger partial charge in [0.15, 0.2) is 0 Å². The molecule has 0 aliphatic carbocycles. The van der Waals surface area contributed by atoms with E-state index in [-0.39, 0.29) is 6.61 Å². The van der Waals surface area contributed by atoms with E-state index in [2.05, 4.69) is 10.3 Å². The van der Waals surface area contributed by atoms with E-state index in [9.17, 15) is 5.11 Å². The molecule has 53 valence electrons. The van der Waals surface area contributed by atoms with Crippen LogP contribution in [0.3, 0.4) is 0 Å². The van der Waals surface area contributed by atoms with Crippen LogP contribution in [0.25, 0.3) is 0 Å². The highest BCUT2D eigenvalue weighted by molar-refractivity contribution is 5.34. The molecule has 0 atom stereocenters. The third-order valence-corrected chi connectivity index (χ3v) is 1.25. The lowest BCUT2D eigenvalue weighted by molar-refractivity contribution is 0.177. The Bertz CT molecular complexity index is 172. The summed E-state index contributed by atoms with van der Waals surface area (Å²) < 4.78 is 0. The van der Waals surface area contributed by atoms with Gasteiger partial charge in [-0.3, -0.25) is 0 Å². The highest BCUT2D eigenvalue weighted by Gasteiger charge is 1.90. The van der Waals surface area contributed by atoms with Gasteiger partial charge in [-0.15, -0.1) is 0 Å². The fourth-order valence-electron chi connectivity index (χ4n) is 0.658. The minimum absolute atomic E-state index is 0.197. The zero-order valence-electron chi connectivity index (χ0n) is 5.79. The topological polar surface area (TPSA) is 44.8 Å². The van der Waals surface area contributed by atoms with Crippen molar-refractivity contribution in [3.8, 4) is 0 Å². The lowest BCUT2D eigenvalue weighted by atomic mass is 10.3. The summed E-state index contributed by atoms with van der Waals surface area (Å²) in [5.74, 6) is 0.789. The molecule has 0 spiro atoms. The van der Waals surface area contributed by atoms with Gasteiger partial charge in [0, 0.05) is 13.2 Å². The van der Waals surface area contributed by atoms with Gasteiger partial charge >= 0.3 is 0 Å². The molecule has 3 heteroatoms. The van der Waals surface area contributed by atoms with Crippen LogP contribution in [0, 0.1) is 0 Å². The smallest absolute Gasteiger partial charge is 0.125 e. The van der Waals surface area contributed by atoms with E-state index in [0.29, 0.717) is 0 Å². The molecule has 0 amide bonds. The first-order chi connectivity index (χ1) is 4.86. The van der Waals surface area contributed by atoms with Crippen LogP contribution in [-0.2, 0) is 11.7 Å². The van der Waals surface area contributed by atoms with Crippen LogP contribution < -0.4 is 5.32 Å². The quantitative estimate of drug-likeness (QED) is 0.662. The predicted octanol–water partition coefficient (Wildman–Crippen LogP) is 1.05. The van der Waals surface area contributed by atoms with Crippen LogP contribution in [0.15, 0.2) is 18.3 Å². The fourth-order valence-corrected chi connectivity index (χ4v) is 0.658. The van der Waals surface area contributed by atoms with Crippen molar-refractivity contribution in [2.24, 2.45) is 0 Å².